The first-order valence-electron chi connectivity index (χ1n) is 6.49. The largest absolute Gasteiger partial charge is 0.330 e. The summed E-state index contributed by atoms with van der Waals surface area (Å²) >= 11 is 0. The zero-order valence-electron chi connectivity index (χ0n) is 11.3. The van der Waals surface area contributed by atoms with E-state index in [0.29, 0.717) is 5.54 Å². The summed E-state index contributed by atoms with van der Waals surface area (Å²) in [4.78, 5) is 0. The van der Waals surface area contributed by atoms with Crippen LogP contribution in [0.4, 0.5) is 0 Å². The van der Waals surface area contributed by atoms with E-state index in [-0.39, 0.29) is 0 Å². The van der Waals surface area contributed by atoms with E-state index < -0.39 is 0 Å². The van der Waals surface area contributed by atoms with Crippen LogP contribution >= 0.6 is 0 Å². The molecule has 0 aromatic heterocycles. The highest BCUT2D eigenvalue weighted by atomic mass is 15.2. The fraction of sp³-hybridized carbons (Fsp3) is 1.00. The molecule has 0 amide bonds. The Morgan fingerprint density at radius 2 is 1.73 bits per heavy atom. The second-order valence-corrected chi connectivity index (χ2v) is 3.35. The minimum Gasteiger partial charge on any atom is -0.330 e. The fourth-order valence-electron chi connectivity index (χ4n) is 1.85. The highest BCUT2D eigenvalue weighted by molar-refractivity contribution is 4.93. The van der Waals surface area contributed by atoms with Gasteiger partial charge in [-0.2, -0.15) is 0 Å². The van der Waals surface area contributed by atoms with E-state index in [2.05, 4.69) is 17.6 Å². The van der Waals surface area contributed by atoms with Crippen LogP contribution in [-0.4, -0.2) is 25.3 Å². The summed E-state index contributed by atoms with van der Waals surface area (Å²) in [6.45, 7) is 13.0. The third-order valence-electron chi connectivity index (χ3n) is 2.40. The first-order valence-corrected chi connectivity index (χ1v) is 6.49. The van der Waals surface area contributed by atoms with Crippen LogP contribution in [-0.2, 0) is 0 Å². The standard InChI is InChI=1S/C8H19N3.2C2H6/c1-2-3-8(4-5-9)6-10-7-11-8;2*1-2/h10-11H,2-7,9H2,1H3;2*1-2H3. The molecule has 1 saturated heterocycles. The van der Waals surface area contributed by atoms with Crippen molar-refractivity contribution >= 4 is 0 Å². The van der Waals surface area contributed by atoms with Crippen molar-refractivity contribution in [3.05, 3.63) is 0 Å². The van der Waals surface area contributed by atoms with Gasteiger partial charge in [-0.1, -0.05) is 41.0 Å². The first kappa shape index (κ1) is 17.3. The molecule has 1 heterocycles. The summed E-state index contributed by atoms with van der Waals surface area (Å²) in [6.07, 6.45) is 3.56. The Labute approximate surface area is 96.2 Å². The number of nitrogens with two attached hydrogens (primary N) is 1. The lowest BCUT2D eigenvalue weighted by molar-refractivity contribution is 0.344. The third-order valence-corrected chi connectivity index (χ3v) is 2.40. The molecule has 94 valence electrons. The fourth-order valence-corrected chi connectivity index (χ4v) is 1.85. The molecule has 1 atom stereocenters. The van der Waals surface area contributed by atoms with E-state index >= 15 is 0 Å². The van der Waals surface area contributed by atoms with Gasteiger partial charge in [-0.25, -0.2) is 0 Å². The van der Waals surface area contributed by atoms with E-state index in [4.69, 9.17) is 5.73 Å². The van der Waals surface area contributed by atoms with Gasteiger partial charge in [0.15, 0.2) is 0 Å². The normalized spacial score (nSPS) is 23.6. The molecule has 0 bridgehead atoms. The predicted octanol–water partition coefficient (Wildman–Crippen LogP) is 2.08. The van der Waals surface area contributed by atoms with Crippen molar-refractivity contribution < 1.29 is 0 Å². The molecular weight excluding hydrogens is 186 g/mol. The Bertz CT molecular complexity index is 101. The molecule has 3 heteroatoms. The maximum Gasteiger partial charge on any atom is 0.0459 e. The van der Waals surface area contributed by atoms with Crippen molar-refractivity contribution in [2.45, 2.75) is 59.4 Å². The van der Waals surface area contributed by atoms with Crippen LogP contribution in [0, 0.1) is 0 Å². The molecule has 0 aliphatic carbocycles. The van der Waals surface area contributed by atoms with E-state index in [1.54, 1.807) is 0 Å². The lowest BCUT2D eigenvalue weighted by atomic mass is 9.91. The molecule has 0 spiro atoms. The molecule has 3 nitrogen and oxygen atoms in total. The van der Waals surface area contributed by atoms with E-state index in [0.717, 1.165) is 26.2 Å². The molecule has 1 fully saturated rings. The van der Waals surface area contributed by atoms with E-state index in [1.165, 1.54) is 12.8 Å². The van der Waals surface area contributed by atoms with Gasteiger partial charge < -0.3 is 11.1 Å². The van der Waals surface area contributed by atoms with Gasteiger partial charge in [0.1, 0.15) is 0 Å². The Balaban J connectivity index is 0. The zero-order chi connectivity index (χ0) is 12.2. The molecule has 15 heavy (non-hydrogen) atoms. The molecular formula is C12H31N3. The van der Waals surface area contributed by atoms with Crippen molar-refractivity contribution in [1.29, 1.82) is 0 Å². The maximum absolute atomic E-state index is 5.56. The SMILES string of the molecule is CC.CC.CCCC1(CCN)CNCN1. The summed E-state index contributed by atoms with van der Waals surface area (Å²) < 4.78 is 0. The number of hydrogen-bond donors (Lipinski definition) is 3. The molecule has 1 aliphatic rings. The highest BCUT2D eigenvalue weighted by Crippen LogP contribution is 2.18. The van der Waals surface area contributed by atoms with Crippen LogP contribution < -0.4 is 16.4 Å². The second-order valence-electron chi connectivity index (χ2n) is 3.35. The highest BCUT2D eigenvalue weighted by Gasteiger charge is 2.30. The first-order chi connectivity index (χ1) is 7.33. The van der Waals surface area contributed by atoms with E-state index in [9.17, 15) is 0 Å². The Hall–Kier alpha value is -0.120. The van der Waals surface area contributed by atoms with Crippen LogP contribution in [0.15, 0.2) is 0 Å². The Kier molecular flexibility index (Phi) is 13.8. The van der Waals surface area contributed by atoms with Crippen molar-refractivity contribution in [3.63, 3.8) is 0 Å². The topological polar surface area (TPSA) is 50.1 Å². The van der Waals surface area contributed by atoms with Gasteiger partial charge in [0.2, 0.25) is 0 Å². The summed E-state index contributed by atoms with van der Waals surface area (Å²) in [7, 11) is 0. The molecule has 0 aromatic rings. The van der Waals surface area contributed by atoms with Crippen LogP contribution in [0.3, 0.4) is 0 Å². The molecule has 0 radical (unpaired) electrons. The van der Waals surface area contributed by atoms with Crippen LogP contribution in [0.5, 0.6) is 0 Å². The van der Waals surface area contributed by atoms with Gasteiger partial charge in [0.25, 0.3) is 0 Å². The zero-order valence-corrected chi connectivity index (χ0v) is 11.3. The second kappa shape index (κ2) is 12.0. The smallest absolute Gasteiger partial charge is 0.0459 e. The molecule has 1 rings (SSSR count). The van der Waals surface area contributed by atoms with Crippen molar-refractivity contribution in [2.24, 2.45) is 5.73 Å². The summed E-state index contributed by atoms with van der Waals surface area (Å²) in [5.74, 6) is 0. The Morgan fingerprint density at radius 3 is 2.07 bits per heavy atom. The Morgan fingerprint density at radius 1 is 1.13 bits per heavy atom. The molecule has 1 unspecified atom stereocenters. The van der Waals surface area contributed by atoms with Gasteiger partial charge in [-0.15, -0.1) is 0 Å². The number of nitrogens with one attached hydrogen (secondary N) is 2. The van der Waals surface area contributed by atoms with Gasteiger partial charge in [-0.05, 0) is 19.4 Å². The summed E-state index contributed by atoms with van der Waals surface area (Å²) in [6, 6.07) is 0. The monoisotopic (exact) mass is 217 g/mol. The molecule has 0 aromatic carbocycles. The lowest BCUT2D eigenvalue weighted by Gasteiger charge is -2.27. The van der Waals surface area contributed by atoms with Crippen molar-refractivity contribution in [3.8, 4) is 0 Å². The van der Waals surface area contributed by atoms with Crippen LogP contribution in [0.25, 0.3) is 0 Å². The van der Waals surface area contributed by atoms with Crippen LogP contribution in [0.1, 0.15) is 53.9 Å². The average Bonchev–Trinajstić information content (AvgIpc) is 2.74. The predicted molar refractivity (Wildman–Crippen MR) is 70.0 cm³/mol. The lowest BCUT2D eigenvalue weighted by Crippen LogP contribution is -2.44. The average molecular weight is 217 g/mol. The third kappa shape index (κ3) is 6.88. The minimum absolute atomic E-state index is 0.309. The van der Waals surface area contributed by atoms with Crippen molar-refractivity contribution in [1.82, 2.24) is 10.6 Å². The van der Waals surface area contributed by atoms with Gasteiger partial charge in [0, 0.05) is 18.8 Å². The van der Waals surface area contributed by atoms with Crippen LogP contribution in [0.2, 0.25) is 0 Å². The molecule has 1 aliphatic heterocycles. The van der Waals surface area contributed by atoms with Gasteiger partial charge >= 0.3 is 0 Å². The number of hydrogen-bond acceptors (Lipinski definition) is 3. The molecule has 4 N–H and O–H groups in total. The minimum atomic E-state index is 0.309. The molecule has 0 saturated carbocycles. The summed E-state index contributed by atoms with van der Waals surface area (Å²) in [5.41, 5.74) is 5.87. The van der Waals surface area contributed by atoms with Gasteiger partial charge in [0.05, 0.1) is 0 Å². The number of rotatable bonds is 4. The van der Waals surface area contributed by atoms with Crippen molar-refractivity contribution in [2.75, 3.05) is 19.8 Å². The maximum atomic E-state index is 5.56. The quantitative estimate of drug-likeness (QED) is 0.676. The summed E-state index contributed by atoms with van der Waals surface area (Å²) in [5, 5.41) is 6.80. The van der Waals surface area contributed by atoms with Gasteiger partial charge in [-0.3, -0.25) is 5.32 Å². The van der Waals surface area contributed by atoms with E-state index in [1.807, 2.05) is 27.7 Å².